The molecule has 0 aliphatic rings. The summed E-state index contributed by atoms with van der Waals surface area (Å²) in [6.07, 6.45) is 1.67. The van der Waals surface area contributed by atoms with Crippen molar-refractivity contribution in [3.05, 3.63) is 42.5 Å². The van der Waals surface area contributed by atoms with Crippen LogP contribution in [-0.2, 0) is 0 Å². The van der Waals surface area contributed by atoms with Crippen molar-refractivity contribution in [1.82, 2.24) is 5.32 Å². The summed E-state index contributed by atoms with van der Waals surface area (Å²) in [5.74, 6) is -0.135. The van der Waals surface area contributed by atoms with Crippen LogP contribution in [0.25, 0.3) is 0 Å². The first-order valence-electron chi connectivity index (χ1n) is 4.42. The molecule has 14 heavy (non-hydrogen) atoms. The normalized spacial score (nSPS) is 11.8. The van der Waals surface area contributed by atoms with Crippen LogP contribution in [0.15, 0.2) is 36.9 Å². The molecule has 0 radical (unpaired) electrons. The molecule has 0 saturated heterocycles. The van der Waals surface area contributed by atoms with E-state index in [0.29, 0.717) is 11.3 Å². The van der Waals surface area contributed by atoms with Gasteiger partial charge < -0.3 is 11.1 Å². The molecule has 3 nitrogen and oxygen atoms in total. The molecule has 0 aliphatic heterocycles. The van der Waals surface area contributed by atoms with Gasteiger partial charge >= 0.3 is 0 Å². The van der Waals surface area contributed by atoms with Crippen molar-refractivity contribution >= 4 is 11.6 Å². The Balaban J connectivity index is 2.74. The summed E-state index contributed by atoms with van der Waals surface area (Å²) in [5.41, 5.74) is 6.71. The average molecular weight is 190 g/mol. The standard InChI is InChI=1S/C11H14N2O/c1-3-8(2)13-11(14)9-5-4-6-10(12)7-9/h3-8H,1,12H2,2H3,(H,13,14). The molecule has 1 aromatic carbocycles. The molecular formula is C11H14N2O. The van der Waals surface area contributed by atoms with Gasteiger partial charge in [0.2, 0.25) is 0 Å². The van der Waals surface area contributed by atoms with E-state index in [1.165, 1.54) is 0 Å². The Labute approximate surface area is 83.6 Å². The van der Waals surface area contributed by atoms with E-state index in [9.17, 15) is 4.79 Å². The van der Waals surface area contributed by atoms with Gasteiger partial charge in [-0.2, -0.15) is 0 Å². The number of hydrogen-bond acceptors (Lipinski definition) is 2. The van der Waals surface area contributed by atoms with Crippen molar-refractivity contribution < 1.29 is 4.79 Å². The van der Waals surface area contributed by atoms with Gasteiger partial charge in [0, 0.05) is 17.3 Å². The molecule has 0 aromatic heterocycles. The maximum absolute atomic E-state index is 11.6. The Hall–Kier alpha value is -1.77. The van der Waals surface area contributed by atoms with Crippen LogP contribution in [0.3, 0.4) is 0 Å². The van der Waals surface area contributed by atoms with Crippen LogP contribution in [0.5, 0.6) is 0 Å². The number of nitrogen functional groups attached to an aromatic ring is 1. The van der Waals surface area contributed by atoms with Crippen molar-refractivity contribution in [3.63, 3.8) is 0 Å². The highest BCUT2D eigenvalue weighted by Crippen LogP contribution is 2.06. The smallest absolute Gasteiger partial charge is 0.251 e. The summed E-state index contributed by atoms with van der Waals surface area (Å²) < 4.78 is 0. The van der Waals surface area contributed by atoms with Gasteiger partial charge in [-0.05, 0) is 25.1 Å². The van der Waals surface area contributed by atoms with Crippen LogP contribution < -0.4 is 11.1 Å². The van der Waals surface area contributed by atoms with Crippen LogP contribution in [-0.4, -0.2) is 11.9 Å². The highest BCUT2D eigenvalue weighted by Gasteiger charge is 2.06. The van der Waals surface area contributed by atoms with Gasteiger partial charge in [-0.1, -0.05) is 12.1 Å². The first kappa shape index (κ1) is 10.3. The largest absolute Gasteiger partial charge is 0.399 e. The van der Waals surface area contributed by atoms with E-state index < -0.39 is 0 Å². The maximum Gasteiger partial charge on any atom is 0.251 e. The summed E-state index contributed by atoms with van der Waals surface area (Å²) in [7, 11) is 0. The third-order valence-corrected chi connectivity index (χ3v) is 1.86. The monoisotopic (exact) mass is 190 g/mol. The Morgan fingerprint density at radius 3 is 2.93 bits per heavy atom. The molecular weight excluding hydrogens is 176 g/mol. The maximum atomic E-state index is 11.6. The highest BCUT2D eigenvalue weighted by atomic mass is 16.1. The lowest BCUT2D eigenvalue weighted by molar-refractivity contribution is 0.0947. The molecule has 0 fully saturated rings. The molecule has 1 amide bonds. The number of anilines is 1. The van der Waals surface area contributed by atoms with Gasteiger partial charge in [-0.25, -0.2) is 0 Å². The van der Waals surface area contributed by atoms with E-state index in [-0.39, 0.29) is 11.9 Å². The number of carbonyl (C=O) groups excluding carboxylic acids is 1. The van der Waals surface area contributed by atoms with Crippen LogP contribution in [0.1, 0.15) is 17.3 Å². The summed E-state index contributed by atoms with van der Waals surface area (Å²) >= 11 is 0. The number of nitrogens with two attached hydrogens (primary N) is 1. The number of carbonyl (C=O) groups is 1. The van der Waals surface area contributed by atoms with Crippen LogP contribution >= 0.6 is 0 Å². The van der Waals surface area contributed by atoms with Crippen molar-refractivity contribution in [2.45, 2.75) is 13.0 Å². The second-order valence-electron chi connectivity index (χ2n) is 3.12. The Bertz CT molecular complexity index is 347. The third-order valence-electron chi connectivity index (χ3n) is 1.86. The molecule has 3 N–H and O–H groups in total. The van der Waals surface area contributed by atoms with Gasteiger partial charge in [0.25, 0.3) is 5.91 Å². The Morgan fingerprint density at radius 2 is 2.36 bits per heavy atom. The Kier molecular flexibility index (Phi) is 3.29. The van der Waals surface area contributed by atoms with Crippen molar-refractivity contribution in [2.24, 2.45) is 0 Å². The van der Waals surface area contributed by atoms with E-state index in [4.69, 9.17) is 5.73 Å². The number of nitrogens with one attached hydrogen (secondary N) is 1. The van der Waals surface area contributed by atoms with E-state index in [2.05, 4.69) is 11.9 Å². The number of amides is 1. The first-order valence-corrected chi connectivity index (χ1v) is 4.42. The SMILES string of the molecule is C=CC(C)NC(=O)c1cccc(N)c1. The molecule has 74 valence electrons. The van der Waals surface area contributed by atoms with Crippen molar-refractivity contribution in [1.29, 1.82) is 0 Å². The van der Waals surface area contributed by atoms with Gasteiger partial charge in [-0.3, -0.25) is 4.79 Å². The van der Waals surface area contributed by atoms with Gasteiger partial charge in [0.05, 0.1) is 0 Å². The minimum absolute atomic E-state index is 0.0380. The molecule has 3 heteroatoms. The van der Waals surface area contributed by atoms with Crippen molar-refractivity contribution in [2.75, 3.05) is 5.73 Å². The number of hydrogen-bond donors (Lipinski definition) is 2. The lowest BCUT2D eigenvalue weighted by atomic mass is 10.2. The Morgan fingerprint density at radius 1 is 1.64 bits per heavy atom. The third kappa shape index (κ3) is 2.62. The van der Waals surface area contributed by atoms with Gasteiger partial charge in [-0.15, -0.1) is 6.58 Å². The minimum Gasteiger partial charge on any atom is -0.399 e. The second-order valence-corrected chi connectivity index (χ2v) is 3.12. The molecule has 0 aliphatic carbocycles. The molecule has 0 heterocycles. The van der Waals surface area contributed by atoms with Crippen LogP contribution in [0.2, 0.25) is 0 Å². The second kappa shape index (κ2) is 4.46. The molecule has 1 aromatic rings. The van der Waals surface area contributed by atoms with Gasteiger partial charge in [0.1, 0.15) is 0 Å². The number of benzene rings is 1. The lowest BCUT2D eigenvalue weighted by Gasteiger charge is -2.09. The zero-order valence-corrected chi connectivity index (χ0v) is 8.16. The first-order chi connectivity index (χ1) is 6.63. The number of rotatable bonds is 3. The lowest BCUT2D eigenvalue weighted by Crippen LogP contribution is -2.30. The summed E-state index contributed by atoms with van der Waals surface area (Å²) in [5, 5.41) is 2.76. The summed E-state index contributed by atoms with van der Waals surface area (Å²) in [6.45, 7) is 5.44. The zero-order chi connectivity index (χ0) is 10.6. The fraction of sp³-hybridized carbons (Fsp3) is 0.182. The molecule has 1 atom stereocenters. The summed E-state index contributed by atoms with van der Waals surface area (Å²) in [6, 6.07) is 6.83. The average Bonchev–Trinajstić information content (AvgIpc) is 2.17. The molecule has 0 spiro atoms. The predicted octanol–water partition coefficient (Wildman–Crippen LogP) is 1.57. The van der Waals surface area contributed by atoms with E-state index in [0.717, 1.165) is 0 Å². The van der Waals surface area contributed by atoms with Crippen molar-refractivity contribution in [3.8, 4) is 0 Å². The molecule has 1 rings (SSSR count). The molecule has 0 bridgehead atoms. The van der Waals surface area contributed by atoms with E-state index in [1.54, 1.807) is 30.3 Å². The topological polar surface area (TPSA) is 55.1 Å². The van der Waals surface area contributed by atoms with Crippen LogP contribution in [0.4, 0.5) is 5.69 Å². The van der Waals surface area contributed by atoms with Gasteiger partial charge in [0.15, 0.2) is 0 Å². The molecule has 0 saturated carbocycles. The summed E-state index contributed by atoms with van der Waals surface area (Å²) in [4.78, 5) is 11.6. The van der Waals surface area contributed by atoms with E-state index >= 15 is 0 Å². The minimum atomic E-state index is -0.135. The quantitative estimate of drug-likeness (QED) is 0.561. The fourth-order valence-electron chi connectivity index (χ4n) is 1.03. The highest BCUT2D eigenvalue weighted by molar-refractivity contribution is 5.95. The molecule has 1 unspecified atom stereocenters. The predicted molar refractivity (Wildman–Crippen MR) is 58.0 cm³/mol. The van der Waals surface area contributed by atoms with E-state index in [1.807, 2.05) is 6.92 Å². The fourth-order valence-corrected chi connectivity index (χ4v) is 1.03. The zero-order valence-electron chi connectivity index (χ0n) is 8.16. The van der Waals surface area contributed by atoms with Crippen LogP contribution in [0, 0.1) is 0 Å².